The Morgan fingerprint density at radius 2 is 2.08 bits per heavy atom. The zero-order valence-corrected chi connectivity index (χ0v) is 7.61. The van der Waals surface area contributed by atoms with Crippen LogP contribution in [0.5, 0.6) is 5.75 Å². The van der Waals surface area contributed by atoms with E-state index in [-0.39, 0.29) is 0 Å². The molecule has 0 saturated carbocycles. The normalized spacial score (nSPS) is 20.8. The zero-order chi connectivity index (χ0) is 8.93. The van der Waals surface area contributed by atoms with Crippen LogP contribution < -0.4 is 4.74 Å². The number of hydrogen-bond acceptors (Lipinski definition) is 2. The molecule has 1 aliphatic heterocycles. The summed E-state index contributed by atoms with van der Waals surface area (Å²) in [4.78, 5) is 0. The van der Waals surface area contributed by atoms with Crippen molar-refractivity contribution in [3.63, 3.8) is 0 Å². The fourth-order valence-electron chi connectivity index (χ4n) is 1.34. The summed E-state index contributed by atoms with van der Waals surface area (Å²) in [6.45, 7) is 1.69. The maximum absolute atomic E-state index is 5.53. The van der Waals surface area contributed by atoms with Gasteiger partial charge in [-0.15, -0.1) is 0 Å². The molecule has 1 fully saturated rings. The van der Waals surface area contributed by atoms with Gasteiger partial charge in [0.1, 0.15) is 5.75 Å². The second-order valence-electron chi connectivity index (χ2n) is 3.23. The molecule has 2 nitrogen and oxygen atoms in total. The van der Waals surface area contributed by atoms with E-state index in [2.05, 4.69) is 0 Å². The molecule has 0 spiro atoms. The van der Waals surface area contributed by atoms with Gasteiger partial charge >= 0.3 is 0 Å². The zero-order valence-electron chi connectivity index (χ0n) is 7.61. The Kier molecular flexibility index (Phi) is 2.82. The molecule has 1 atom stereocenters. The van der Waals surface area contributed by atoms with E-state index in [4.69, 9.17) is 9.47 Å². The summed E-state index contributed by atoms with van der Waals surface area (Å²) in [5.41, 5.74) is 0. The highest BCUT2D eigenvalue weighted by molar-refractivity contribution is 5.20. The molecule has 1 saturated heterocycles. The number of ether oxygens (including phenoxy) is 2. The Morgan fingerprint density at radius 3 is 2.69 bits per heavy atom. The fraction of sp³-hybridized carbons (Fsp3) is 0.455. The first-order valence-electron chi connectivity index (χ1n) is 4.74. The van der Waals surface area contributed by atoms with Crippen LogP contribution in [0.25, 0.3) is 0 Å². The molecule has 2 heteroatoms. The van der Waals surface area contributed by atoms with Crippen molar-refractivity contribution in [1.82, 2.24) is 0 Å². The van der Waals surface area contributed by atoms with E-state index in [1.807, 2.05) is 30.3 Å². The van der Waals surface area contributed by atoms with Gasteiger partial charge in [-0.25, -0.2) is 0 Å². The lowest BCUT2D eigenvalue weighted by atomic mass is 10.1. The van der Waals surface area contributed by atoms with Crippen molar-refractivity contribution >= 4 is 0 Å². The second-order valence-corrected chi connectivity index (χ2v) is 3.23. The first-order valence-corrected chi connectivity index (χ1v) is 4.74. The van der Waals surface area contributed by atoms with Crippen molar-refractivity contribution < 1.29 is 9.47 Å². The van der Waals surface area contributed by atoms with E-state index >= 15 is 0 Å². The molecule has 0 amide bonds. The third kappa shape index (κ3) is 2.46. The lowest BCUT2D eigenvalue weighted by molar-refractivity contribution is -0.0596. The molecule has 1 aromatic carbocycles. The molecule has 13 heavy (non-hydrogen) atoms. The van der Waals surface area contributed by atoms with Crippen LogP contribution in [0.4, 0.5) is 0 Å². The highest BCUT2D eigenvalue weighted by Gasteiger charge is 2.17. The molecule has 1 heterocycles. The van der Waals surface area contributed by atoms with Crippen LogP contribution in [0.15, 0.2) is 30.3 Å². The Morgan fingerprint density at radius 1 is 1.31 bits per heavy atom. The highest BCUT2D eigenvalue weighted by Crippen LogP contribution is 2.15. The van der Waals surface area contributed by atoms with Crippen LogP contribution in [0.2, 0.25) is 0 Å². The number of hydrogen-bond donors (Lipinski definition) is 0. The summed E-state index contributed by atoms with van der Waals surface area (Å²) in [6.07, 6.45) is 2.65. The van der Waals surface area contributed by atoms with Crippen LogP contribution in [0.3, 0.4) is 0 Å². The SMILES string of the molecule is c1ccc(OCCC2CCO2)cc1. The summed E-state index contributed by atoms with van der Waals surface area (Å²) in [7, 11) is 0. The molecular formula is C11H14O2. The van der Waals surface area contributed by atoms with Crippen LogP contribution >= 0.6 is 0 Å². The first-order chi connectivity index (χ1) is 6.45. The predicted octanol–water partition coefficient (Wildman–Crippen LogP) is 2.24. The van der Waals surface area contributed by atoms with Gasteiger partial charge < -0.3 is 9.47 Å². The van der Waals surface area contributed by atoms with Gasteiger partial charge in [-0.2, -0.15) is 0 Å². The summed E-state index contributed by atoms with van der Waals surface area (Å²) in [6, 6.07) is 9.90. The molecule has 0 bridgehead atoms. The van der Waals surface area contributed by atoms with E-state index in [0.717, 1.165) is 25.4 Å². The molecule has 0 radical (unpaired) electrons. The Hall–Kier alpha value is -1.02. The maximum Gasteiger partial charge on any atom is 0.119 e. The van der Waals surface area contributed by atoms with E-state index in [0.29, 0.717) is 6.10 Å². The van der Waals surface area contributed by atoms with Crippen molar-refractivity contribution in [1.29, 1.82) is 0 Å². The van der Waals surface area contributed by atoms with Gasteiger partial charge in [-0.1, -0.05) is 18.2 Å². The Balaban J connectivity index is 1.67. The summed E-state index contributed by atoms with van der Waals surface area (Å²) in [5, 5.41) is 0. The van der Waals surface area contributed by atoms with Crippen LogP contribution in [-0.4, -0.2) is 19.3 Å². The van der Waals surface area contributed by atoms with Gasteiger partial charge in [0.05, 0.1) is 12.7 Å². The van der Waals surface area contributed by atoms with Crippen LogP contribution in [-0.2, 0) is 4.74 Å². The molecule has 2 rings (SSSR count). The summed E-state index contributed by atoms with van der Waals surface area (Å²) < 4.78 is 10.8. The van der Waals surface area contributed by atoms with Gasteiger partial charge in [0.25, 0.3) is 0 Å². The number of rotatable bonds is 4. The lowest BCUT2D eigenvalue weighted by Gasteiger charge is -2.26. The smallest absolute Gasteiger partial charge is 0.119 e. The predicted molar refractivity (Wildman–Crippen MR) is 50.9 cm³/mol. The third-order valence-corrected chi connectivity index (χ3v) is 2.25. The second kappa shape index (κ2) is 4.28. The molecule has 70 valence electrons. The van der Waals surface area contributed by atoms with Crippen molar-refractivity contribution in [2.45, 2.75) is 18.9 Å². The molecular weight excluding hydrogens is 164 g/mol. The Bertz CT molecular complexity index is 242. The van der Waals surface area contributed by atoms with Gasteiger partial charge in [-0.3, -0.25) is 0 Å². The number of para-hydroxylation sites is 1. The average Bonchev–Trinajstić information content (AvgIpc) is 2.11. The molecule has 0 aromatic heterocycles. The van der Waals surface area contributed by atoms with Crippen molar-refractivity contribution in [3.05, 3.63) is 30.3 Å². The quantitative estimate of drug-likeness (QED) is 0.704. The van der Waals surface area contributed by atoms with Gasteiger partial charge in [0, 0.05) is 13.0 Å². The van der Waals surface area contributed by atoms with Crippen molar-refractivity contribution in [3.8, 4) is 5.75 Å². The van der Waals surface area contributed by atoms with Crippen LogP contribution in [0.1, 0.15) is 12.8 Å². The topological polar surface area (TPSA) is 18.5 Å². The monoisotopic (exact) mass is 178 g/mol. The van der Waals surface area contributed by atoms with E-state index < -0.39 is 0 Å². The minimum absolute atomic E-state index is 0.448. The minimum Gasteiger partial charge on any atom is -0.493 e. The summed E-state index contributed by atoms with van der Waals surface area (Å²) >= 11 is 0. The lowest BCUT2D eigenvalue weighted by Crippen LogP contribution is -2.28. The maximum atomic E-state index is 5.53. The Labute approximate surface area is 78.5 Å². The van der Waals surface area contributed by atoms with Gasteiger partial charge in [-0.05, 0) is 18.6 Å². The van der Waals surface area contributed by atoms with E-state index in [1.165, 1.54) is 6.42 Å². The third-order valence-electron chi connectivity index (χ3n) is 2.25. The largest absolute Gasteiger partial charge is 0.493 e. The first kappa shape index (κ1) is 8.57. The molecule has 1 aliphatic rings. The van der Waals surface area contributed by atoms with Crippen molar-refractivity contribution in [2.24, 2.45) is 0 Å². The molecule has 0 N–H and O–H groups in total. The van der Waals surface area contributed by atoms with E-state index in [9.17, 15) is 0 Å². The van der Waals surface area contributed by atoms with Gasteiger partial charge in [0.2, 0.25) is 0 Å². The fourth-order valence-corrected chi connectivity index (χ4v) is 1.34. The van der Waals surface area contributed by atoms with Crippen LogP contribution in [0, 0.1) is 0 Å². The van der Waals surface area contributed by atoms with E-state index in [1.54, 1.807) is 0 Å². The molecule has 0 aliphatic carbocycles. The molecule has 1 unspecified atom stereocenters. The van der Waals surface area contributed by atoms with Gasteiger partial charge in [0.15, 0.2) is 0 Å². The van der Waals surface area contributed by atoms with Crippen molar-refractivity contribution in [2.75, 3.05) is 13.2 Å². The molecule has 1 aromatic rings. The average molecular weight is 178 g/mol. The number of benzene rings is 1. The summed E-state index contributed by atoms with van der Waals surface area (Å²) in [5.74, 6) is 0.946. The minimum atomic E-state index is 0.448. The highest BCUT2D eigenvalue weighted by atomic mass is 16.5. The standard InChI is InChI=1S/C11H14O2/c1-2-4-10(5-3-1)12-8-6-11-7-9-13-11/h1-5,11H,6-9H2.